The van der Waals surface area contributed by atoms with Crippen molar-refractivity contribution >= 4 is 38.5 Å². The first-order valence-corrected chi connectivity index (χ1v) is 13.7. The monoisotopic (exact) mass is 555 g/mol. The molecule has 0 bridgehead atoms. The summed E-state index contributed by atoms with van der Waals surface area (Å²) in [5.41, 5.74) is 0.761. The van der Waals surface area contributed by atoms with Gasteiger partial charge >= 0.3 is 6.18 Å². The van der Waals surface area contributed by atoms with Gasteiger partial charge in [-0.3, -0.25) is 4.79 Å². The molecular formula is C28H28F3N5O2S. The molecule has 7 nitrogen and oxygen atoms in total. The second-order valence-electron chi connectivity index (χ2n) is 9.73. The van der Waals surface area contributed by atoms with Crippen LogP contribution in [-0.4, -0.2) is 26.9 Å². The number of ether oxygens (including phenoxy) is 1. The number of aromatic nitrogens is 3. The highest BCUT2D eigenvalue weighted by molar-refractivity contribution is 7.22. The summed E-state index contributed by atoms with van der Waals surface area (Å²) in [7, 11) is 0. The Morgan fingerprint density at radius 2 is 1.79 bits per heavy atom. The number of para-hydroxylation sites is 1. The Bertz CT molecular complexity index is 1470. The highest BCUT2D eigenvalue weighted by Crippen LogP contribution is 2.36. The van der Waals surface area contributed by atoms with E-state index in [0.717, 1.165) is 29.7 Å². The van der Waals surface area contributed by atoms with Gasteiger partial charge in [-0.2, -0.15) is 18.2 Å². The first-order chi connectivity index (χ1) is 18.7. The van der Waals surface area contributed by atoms with Crippen molar-refractivity contribution in [3.05, 3.63) is 54.1 Å². The van der Waals surface area contributed by atoms with Crippen LogP contribution < -0.4 is 15.4 Å². The van der Waals surface area contributed by atoms with Crippen LogP contribution >= 0.6 is 11.3 Å². The summed E-state index contributed by atoms with van der Waals surface area (Å²) in [6.45, 7) is 3.51. The third-order valence-corrected chi connectivity index (χ3v) is 7.74. The van der Waals surface area contributed by atoms with E-state index >= 15 is 0 Å². The number of hydrogen-bond acceptors (Lipinski definition) is 7. The second-order valence-corrected chi connectivity index (χ2v) is 10.8. The van der Waals surface area contributed by atoms with Crippen molar-refractivity contribution in [3.63, 3.8) is 0 Å². The molecule has 11 heteroatoms. The smallest absolute Gasteiger partial charge is 0.416 e. The molecule has 2 heterocycles. The Labute approximate surface area is 227 Å². The van der Waals surface area contributed by atoms with Gasteiger partial charge in [-0.1, -0.05) is 48.8 Å². The molecule has 1 atom stereocenters. The minimum Gasteiger partial charge on any atom is -0.437 e. The summed E-state index contributed by atoms with van der Waals surface area (Å²) >= 11 is 1.32. The van der Waals surface area contributed by atoms with Crippen LogP contribution in [0.4, 0.5) is 24.3 Å². The molecule has 1 fully saturated rings. The zero-order valence-corrected chi connectivity index (χ0v) is 22.3. The number of fused-ring (bicyclic) bond motifs is 1. The lowest BCUT2D eigenvalue weighted by atomic mass is 9.85. The predicted octanol–water partition coefficient (Wildman–Crippen LogP) is 7.90. The van der Waals surface area contributed by atoms with E-state index in [9.17, 15) is 18.0 Å². The molecule has 39 heavy (non-hydrogen) atoms. The number of alkyl halides is 3. The molecule has 0 radical (unpaired) electrons. The van der Waals surface area contributed by atoms with Crippen molar-refractivity contribution in [2.24, 2.45) is 5.92 Å². The third-order valence-electron chi connectivity index (χ3n) is 6.80. The molecule has 1 saturated carbocycles. The fourth-order valence-electron chi connectivity index (χ4n) is 4.80. The molecule has 2 aromatic carbocycles. The van der Waals surface area contributed by atoms with Crippen molar-refractivity contribution in [1.29, 1.82) is 0 Å². The number of carbonyl (C=O) groups excluding carboxylic acids is 1. The van der Waals surface area contributed by atoms with E-state index in [4.69, 9.17) is 4.74 Å². The Morgan fingerprint density at radius 1 is 1.05 bits per heavy atom. The molecule has 0 saturated heterocycles. The lowest BCUT2D eigenvalue weighted by molar-refractivity contribution is -0.137. The maximum atomic E-state index is 13.1. The van der Waals surface area contributed by atoms with Crippen LogP contribution in [0.2, 0.25) is 0 Å². The zero-order valence-electron chi connectivity index (χ0n) is 21.5. The number of hydrogen-bond donors (Lipinski definition) is 2. The number of thiazole rings is 1. The van der Waals surface area contributed by atoms with Gasteiger partial charge in [-0.05, 0) is 49.9 Å². The molecule has 2 aromatic heterocycles. The normalized spacial score (nSPS) is 15.2. The van der Waals surface area contributed by atoms with Crippen molar-refractivity contribution in [1.82, 2.24) is 15.0 Å². The van der Waals surface area contributed by atoms with E-state index < -0.39 is 11.7 Å². The van der Waals surface area contributed by atoms with Crippen LogP contribution in [0.25, 0.3) is 21.5 Å². The number of anilines is 2. The average Bonchev–Trinajstić information content (AvgIpc) is 3.31. The molecule has 1 aliphatic rings. The van der Waals surface area contributed by atoms with Crippen molar-refractivity contribution in [2.75, 3.05) is 10.6 Å². The number of carbonyl (C=O) groups is 1. The number of benzene rings is 2. The standard InChI is InChI=1S/C28H28F3N5O2S/c1-16(18-7-4-3-5-8-18)32-26-34-21(19-11-13-20(14-12-19)28(29,30)31)15-24(35-26)38-22-9-6-10-23-25(22)36-27(39-23)33-17(2)37/h6,9-16,18H,3-5,7-8H2,1-2H3,(H,32,34,35)(H,33,36,37)/t16-/m1/s1. The van der Waals surface area contributed by atoms with Crippen molar-refractivity contribution in [3.8, 4) is 22.9 Å². The first-order valence-electron chi connectivity index (χ1n) is 12.8. The summed E-state index contributed by atoms with van der Waals surface area (Å²) in [6.07, 6.45) is 1.44. The highest BCUT2D eigenvalue weighted by Gasteiger charge is 2.30. The summed E-state index contributed by atoms with van der Waals surface area (Å²) in [5.74, 6) is 1.25. The zero-order chi connectivity index (χ0) is 27.6. The Kier molecular flexibility index (Phi) is 7.69. The Balaban J connectivity index is 1.49. The third kappa shape index (κ3) is 6.47. The van der Waals surface area contributed by atoms with Crippen molar-refractivity contribution in [2.45, 2.75) is 58.2 Å². The quantitative estimate of drug-likeness (QED) is 0.241. The Morgan fingerprint density at radius 3 is 2.49 bits per heavy atom. The van der Waals surface area contributed by atoms with Gasteiger partial charge < -0.3 is 15.4 Å². The molecule has 0 spiro atoms. The molecule has 1 amide bonds. The van der Waals surface area contributed by atoms with E-state index in [1.165, 1.54) is 49.7 Å². The van der Waals surface area contributed by atoms with E-state index in [2.05, 4.69) is 32.5 Å². The van der Waals surface area contributed by atoms with Crippen LogP contribution in [0.3, 0.4) is 0 Å². The summed E-state index contributed by atoms with van der Waals surface area (Å²) in [5, 5.41) is 6.54. The molecular weight excluding hydrogens is 527 g/mol. The Hall–Kier alpha value is -3.73. The fourth-order valence-corrected chi connectivity index (χ4v) is 5.73. The molecule has 204 valence electrons. The van der Waals surface area contributed by atoms with Crippen LogP contribution in [0.15, 0.2) is 48.5 Å². The molecule has 1 aliphatic carbocycles. The number of nitrogens with zero attached hydrogens (tertiary/aromatic N) is 3. The maximum absolute atomic E-state index is 13.1. The van der Waals surface area contributed by atoms with Gasteiger partial charge in [-0.25, -0.2) is 9.97 Å². The predicted molar refractivity (Wildman–Crippen MR) is 146 cm³/mol. The maximum Gasteiger partial charge on any atom is 0.416 e. The number of amides is 1. The van der Waals surface area contributed by atoms with Gasteiger partial charge in [-0.15, -0.1) is 0 Å². The van der Waals surface area contributed by atoms with Crippen LogP contribution in [0.5, 0.6) is 11.6 Å². The topological polar surface area (TPSA) is 89.0 Å². The fraction of sp³-hybridized carbons (Fsp3) is 0.357. The van der Waals surface area contributed by atoms with Crippen LogP contribution in [0.1, 0.15) is 51.5 Å². The number of nitrogens with one attached hydrogen (secondary N) is 2. The van der Waals surface area contributed by atoms with Gasteiger partial charge in [0.15, 0.2) is 10.9 Å². The van der Waals surface area contributed by atoms with E-state index in [-0.39, 0.29) is 17.8 Å². The van der Waals surface area contributed by atoms with Gasteiger partial charge in [0.2, 0.25) is 17.7 Å². The van der Waals surface area contributed by atoms with E-state index in [1.807, 2.05) is 12.1 Å². The molecule has 4 aromatic rings. The number of rotatable bonds is 7. The minimum atomic E-state index is -4.43. The SMILES string of the molecule is CC(=O)Nc1nc2c(Oc3cc(-c4ccc(C(F)(F)F)cc4)nc(N[C@H](C)C4CCCCC4)n3)cccc2s1. The lowest BCUT2D eigenvalue weighted by Crippen LogP contribution is -2.28. The van der Waals surface area contributed by atoms with Crippen LogP contribution in [0, 0.1) is 5.92 Å². The summed E-state index contributed by atoms with van der Waals surface area (Å²) < 4.78 is 46.4. The highest BCUT2D eigenvalue weighted by atomic mass is 32.1. The van der Waals surface area contributed by atoms with E-state index in [1.54, 1.807) is 12.1 Å². The second kappa shape index (κ2) is 11.2. The number of halogens is 3. The minimum absolute atomic E-state index is 0.114. The summed E-state index contributed by atoms with van der Waals surface area (Å²) in [4.78, 5) is 25.2. The van der Waals surface area contributed by atoms with Crippen LogP contribution in [-0.2, 0) is 11.0 Å². The largest absolute Gasteiger partial charge is 0.437 e. The average molecular weight is 556 g/mol. The summed E-state index contributed by atoms with van der Waals surface area (Å²) in [6, 6.07) is 12.0. The molecule has 0 aliphatic heterocycles. The molecule has 2 N–H and O–H groups in total. The first kappa shape index (κ1) is 26.9. The lowest BCUT2D eigenvalue weighted by Gasteiger charge is -2.28. The van der Waals surface area contributed by atoms with Crippen molar-refractivity contribution < 1.29 is 22.7 Å². The molecule has 5 rings (SSSR count). The van der Waals surface area contributed by atoms with Gasteiger partial charge in [0.05, 0.1) is 16.0 Å². The van der Waals surface area contributed by atoms with E-state index in [0.29, 0.717) is 39.5 Å². The van der Waals surface area contributed by atoms with Gasteiger partial charge in [0, 0.05) is 24.6 Å². The van der Waals surface area contributed by atoms with Gasteiger partial charge in [0.25, 0.3) is 0 Å². The van der Waals surface area contributed by atoms with Gasteiger partial charge in [0.1, 0.15) is 5.52 Å². The molecule has 0 unspecified atom stereocenters.